The Bertz CT molecular complexity index is 1140. The number of H-pyrrole nitrogens is 2. The number of anilines is 1. The Morgan fingerprint density at radius 3 is 2.81 bits per heavy atom. The maximum absolute atomic E-state index is 12.9. The van der Waals surface area contributed by atoms with Gasteiger partial charge in [0.05, 0.1) is 5.39 Å². The quantitative estimate of drug-likeness (QED) is 0.514. The number of rotatable bonds is 2. The highest BCUT2D eigenvalue weighted by Crippen LogP contribution is 2.29. The number of hydrogen-bond donors (Lipinski definition) is 2. The van der Waals surface area contributed by atoms with E-state index in [4.69, 9.17) is 0 Å². The van der Waals surface area contributed by atoms with Crippen LogP contribution in [0.25, 0.3) is 21.9 Å². The van der Waals surface area contributed by atoms with Gasteiger partial charge in [0.2, 0.25) is 0 Å². The maximum Gasteiger partial charge on any atom is 0.254 e. The number of carbonyl (C=O) groups is 1. The molecule has 1 aliphatic heterocycles. The van der Waals surface area contributed by atoms with Crippen LogP contribution in [0.15, 0.2) is 41.4 Å². The first-order valence-electron chi connectivity index (χ1n) is 8.66. The second-order valence-corrected chi connectivity index (χ2v) is 7.29. The number of piperazine rings is 1. The van der Waals surface area contributed by atoms with Gasteiger partial charge in [-0.25, -0.2) is 9.97 Å². The molecule has 5 rings (SSSR count). The molecule has 0 aliphatic carbocycles. The van der Waals surface area contributed by atoms with Crippen molar-refractivity contribution in [3.05, 3.63) is 47.0 Å². The first-order valence-corrected chi connectivity index (χ1v) is 9.46. The zero-order valence-electron chi connectivity index (χ0n) is 14.3. The largest absolute Gasteiger partial charge is 0.361 e. The van der Waals surface area contributed by atoms with E-state index >= 15 is 0 Å². The SMILES string of the molecule is O=C(c1ccc2cc[nH]c2c1)N1CCN(c2ncnc3n[nH]c(Br)c23)CC1. The summed E-state index contributed by atoms with van der Waals surface area (Å²) >= 11 is 3.47. The molecule has 0 spiro atoms. The lowest BCUT2D eigenvalue weighted by Crippen LogP contribution is -2.49. The third-order valence-electron chi connectivity index (χ3n) is 4.96. The van der Waals surface area contributed by atoms with Crippen LogP contribution in [-0.4, -0.2) is 62.1 Å². The maximum atomic E-state index is 12.9. The van der Waals surface area contributed by atoms with E-state index in [2.05, 4.69) is 46.0 Å². The highest BCUT2D eigenvalue weighted by atomic mass is 79.9. The summed E-state index contributed by atoms with van der Waals surface area (Å²) in [6.45, 7) is 2.70. The lowest BCUT2D eigenvalue weighted by molar-refractivity contribution is 0.0747. The summed E-state index contributed by atoms with van der Waals surface area (Å²) in [4.78, 5) is 28.7. The van der Waals surface area contributed by atoms with Gasteiger partial charge in [0.1, 0.15) is 16.7 Å². The van der Waals surface area contributed by atoms with E-state index in [9.17, 15) is 4.79 Å². The highest BCUT2D eigenvalue weighted by molar-refractivity contribution is 9.10. The summed E-state index contributed by atoms with van der Waals surface area (Å²) in [5.41, 5.74) is 2.32. The molecule has 0 saturated carbocycles. The van der Waals surface area contributed by atoms with Crippen LogP contribution in [0.1, 0.15) is 10.4 Å². The van der Waals surface area contributed by atoms with E-state index in [-0.39, 0.29) is 5.91 Å². The molecule has 3 aromatic heterocycles. The third kappa shape index (κ3) is 2.74. The van der Waals surface area contributed by atoms with Crippen molar-refractivity contribution in [3.8, 4) is 0 Å². The minimum atomic E-state index is 0.0588. The molecular weight excluding hydrogens is 410 g/mol. The van der Waals surface area contributed by atoms with Crippen LogP contribution in [0.2, 0.25) is 0 Å². The van der Waals surface area contributed by atoms with Crippen molar-refractivity contribution in [1.29, 1.82) is 0 Å². The van der Waals surface area contributed by atoms with Gasteiger partial charge in [-0.2, -0.15) is 5.10 Å². The van der Waals surface area contributed by atoms with E-state index < -0.39 is 0 Å². The van der Waals surface area contributed by atoms with Crippen LogP contribution < -0.4 is 4.90 Å². The number of benzene rings is 1. The number of halogens is 1. The molecule has 1 saturated heterocycles. The molecule has 0 bridgehead atoms. The third-order valence-corrected chi connectivity index (χ3v) is 5.53. The average molecular weight is 426 g/mol. The van der Waals surface area contributed by atoms with Crippen molar-refractivity contribution in [2.75, 3.05) is 31.1 Å². The Kier molecular flexibility index (Phi) is 3.82. The number of aromatic amines is 2. The molecule has 4 aromatic rings. The van der Waals surface area contributed by atoms with E-state index in [0.717, 1.165) is 26.7 Å². The van der Waals surface area contributed by atoms with Crippen molar-refractivity contribution in [1.82, 2.24) is 30.0 Å². The van der Waals surface area contributed by atoms with Gasteiger partial charge < -0.3 is 14.8 Å². The lowest BCUT2D eigenvalue weighted by Gasteiger charge is -2.35. The second kappa shape index (κ2) is 6.34. The van der Waals surface area contributed by atoms with Crippen molar-refractivity contribution >= 4 is 49.6 Å². The van der Waals surface area contributed by atoms with Gasteiger partial charge in [-0.05, 0) is 39.5 Å². The van der Waals surface area contributed by atoms with Gasteiger partial charge in [0.15, 0.2) is 5.65 Å². The van der Waals surface area contributed by atoms with Crippen molar-refractivity contribution in [2.24, 2.45) is 0 Å². The van der Waals surface area contributed by atoms with Gasteiger partial charge in [-0.1, -0.05) is 6.07 Å². The Hall–Kier alpha value is -2.94. The van der Waals surface area contributed by atoms with Crippen LogP contribution >= 0.6 is 15.9 Å². The molecule has 1 fully saturated rings. The normalized spacial score (nSPS) is 15.0. The van der Waals surface area contributed by atoms with E-state index in [1.54, 1.807) is 0 Å². The van der Waals surface area contributed by atoms with Crippen LogP contribution in [0.3, 0.4) is 0 Å². The number of aromatic nitrogens is 5. The number of carbonyl (C=O) groups excluding carboxylic acids is 1. The molecule has 1 aliphatic rings. The zero-order chi connectivity index (χ0) is 18.4. The summed E-state index contributed by atoms with van der Waals surface area (Å²) < 4.78 is 0.769. The molecule has 1 amide bonds. The fourth-order valence-corrected chi connectivity index (χ4v) is 3.97. The van der Waals surface area contributed by atoms with E-state index in [1.165, 1.54) is 6.33 Å². The van der Waals surface area contributed by atoms with Crippen LogP contribution in [0.5, 0.6) is 0 Å². The highest BCUT2D eigenvalue weighted by Gasteiger charge is 2.25. The molecule has 9 heteroatoms. The van der Waals surface area contributed by atoms with Gasteiger partial charge in [0, 0.05) is 43.5 Å². The Morgan fingerprint density at radius 1 is 1.11 bits per heavy atom. The summed E-state index contributed by atoms with van der Waals surface area (Å²) in [6.07, 6.45) is 3.40. The second-order valence-electron chi connectivity index (χ2n) is 6.49. The molecular formula is C18H16BrN7O. The van der Waals surface area contributed by atoms with Crippen LogP contribution in [0.4, 0.5) is 5.82 Å². The Morgan fingerprint density at radius 2 is 1.96 bits per heavy atom. The molecule has 0 radical (unpaired) electrons. The molecule has 2 N–H and O–H groups in total. The smallest absolute Gasteiger partial charge is 0.254 e. The van der Waals surface area contributed by atoms with Crippen molar-refractivity contribution < 1.29 is 4.79 Å². The number of amides is 1. The lowest BCUT2D eigenvalue weighted by atomic mass is 10.1. The standard InChI is InChI=1S/C18H16BrN7O/c19-15-14-16(24-23-15)21-10-22-17(14)25-5-7-26(8-6-25)18(27)12-2-1-11-3-4-20-13(11)9-12/h1-4,9-10,20H,5-8H2,(H,21,22,23,24). The Labute approximate surface area is 162 Å². The number of nitrogens with zero attached hydrogens (tertiary/aromatic N) is 5. The fraction of sp³-hybridized carbons (Fsp3) is 0.222. The van der Waals surface area contributed by atoms with Gasteiger partial charge in [-0.3, -0.25) is 9.89 Å². The monoisotopic (exact) mass is 425 g/mol. The van der Waals surface area contributed by atoms with Gasteiger partial charge in [0.25, 0.3) is 5.91 Å². The first-order chi connectivity index (χ1) is 13.2. The molecule has 1 aromatic carbocycles. The summed E-state index contributed by atoms with van der Waals surface area (Å²) in [5.74, 6) is 0.893. The molecule has 136 valence electrons. The molecule has 27 heavy (non-hydrogen) atoms. The summed E-state index contributed by atoms with van der Waals surface area (Å²) in [6, 6.07) is 7.78. The number of fused-ring (bicyclic) bond motifs is 2. The molecule has 0 unspecified atom stereocenters. The number of hydrogen-bond acceptors (Lipinski definition) is 5. The number of nitrogens with one attached hydrogen (secondary N) is 2. The predicted octanol–water partition coefficient (Wildman–Crippen LogP) is 2.56. The summed E-state index contributed by atoms with van der Waals surface area (Å²) in [5, 5.41) is 9.02. The molecule has 4 heterocycles. The molecule has 8 nitrogen and oxygen atoms in total. The Balaban J connectivity index is 1.35. The van der Waals surface area contributed by atoms with Gasteiger partial charge >= 0.3 is 0 Å². The average Bonchev–Trinajstić information content (AvgIpc) is 3.33. The summed E-state index contributed by atoms with van der Waals surface area (Å²) in [7, 11) is 0. The van der Waals surface area contributed by atoms with Crippen LogP contribution in [-0.2, 0) is 0 Å². The van der Waals surface area contributed by atoms with Crippen molar-refractivity contribution in [3.63, 3.8) is 0 Å². The minimum Gasteiger partial charge on any atom is -0.361 e. The zero-order valence-corrected chi connectivity index (χ0v) is 15.9. The van der Waals surface area contributed by atoms with E-state index in [1.807, 2.05) is 35.4 Å². The minimum absolute atomic E-state index is 0.0588. The van der Waals surface area contributed by atoms with Crippen LogP contribution in [0, 0.1) is 0 Å². The fourth-order valence-electron chi connectivity index (χ4n) is 3.53. The van der Waals surface area contributed by atoms with Crippen molar-refractivity contribution in [2.45, 2.75) is 0 Å². The van der Waals surface area contributed by atoms with Gasteiger partial charge in [-0.15, -0.1) is 0 Å². The topological polar surface area (TPSA) is 93.8 Å². The predicted molar refractivity (Wildman–Crippen MR) is 106 cm³/mol. The first kappa shape index (κ1) is 16.2. The molecule has 0 atom stereocenters. The van der Waals surface area contributed by atoms with E-state index in [0.29, 0.717) is 37.4 Å².